The van der Waals surface area contributed by atoms with Crippen LogP contribution < -0.4 is 15.1 Å². The van der Waals surface area contributed by atoms with Gasteiger partial charge in [-0.1, -0.05) is 30.3 Å². The lowest BCUT2D eigenvalue weighted by Crippen LogP contribution is -2.38. The largest absolute Gasteiger partial charge is 0.372 e. The summed E-state index contributed by atoms with van der Waals surface area (Å²) in [5.74, 6) is -0.0572. The van der Waals surface area contributed by atoms with E-state index in [4.69, 9.17) is 0 Å². The molecule has 0 unspecified atom stereocenters. The first kappa shape index (κ1) is 19.9. The molecule has 5 nitrogen and oxygen atoms in total. The van der Waals surface area contributed by atoms with Crippen molar-refractivity contribution in [2.24, 2.45) is 0 Å². The van der Waals surface area contributed by atoms with Crippen molar-refractivity contribution in [3.05, 3.63) is 60.2 Å². The van der Waals surface area contributed by atoms with Crippen LogP contribution in [0.25, 0.3) is 0 Å². The van der Waals surface area contributed by atoms with Crippen molar-refractivity contribution in [3.8, 4) is 0 Å². The molecule has 0 aromatic heterocycles. The number of carbonyl (C=O) groups excluding carboxylic acids is 2. The van der Waals surface area contributed by atoms with E-state index in [1.54, 1.807) is 11.8 Å². The van der Waals surface area contributed by atoms with Crippen LogP contribution in [0.1, 0.15) is 31.7 Å². The van der Waals surface area contributed by atoms with Gasteiger partial charge >= 0.3 is 0 Å². The van der Waals surface area contributed by atoms with Crippen molar-refractivity contribution < 1.29 is 9.59 Å². The molecule has 1 fully saturated rings. The molecule has 0 bridgehead atoms. The molecule has 1 aliphatic heterocycles. The minimum Gasteiger partial charge on any atom is -0.372 e. The number of carbonyl (C=O) groups is 2. The molecular formula is C23H29N3O2. The zero-order chi connectivity index (χ0) is 19.8. The van der Waals surface area contributed by atoms with Crippen LogP contribution in [0, 0.1) is 0 Å². The van der Waals surface area contributed by atoms with E-state index in [0.29, 0.717) is 19.5 Å². The molecule has 0 saturated carbocycles. The Hall–Kier alpha value is -2.82. The fourth-order valence-corrected chi connectivity index (χ4v) is 3.61. The summed E-state index contributed by atoms with van der Waals surface area (Å²) in [6, 6.07) is 17.8. The van der Waals surface area contributed by atoms with Crippen LogP contribution in [0.3, 0.4) is 0 Å². The fraction of sp³-hybridized carbons (Fsp3) is 0.391. The van der Waals surface area contributed by atoms with Gasteiger partial charge in [0.15, 0.2) is 0 Å². The molecule has 1 heterocycles. The number of rotatable bonds is 7. The molecule has 2 aromatic carbocycles. The van der Waals surface area contributed by atoms with Crippen molar-refractivity contribution in [1.82, 2.24) is 5.32 Å². The van der Waals surface area contributed by atoms with Crippen LogP contribution in [-0.4, -0.2) is 38.0 Å². The highest BCUT2D eigenvalue weighted by atomic mass is 16.2. The monoisotopic (exact) mass is 379 g/mol. The van der Waals surface area contributed by atoms with E-state index in [0.717, 1.165) is 24.3 Å². The summed E-state index contributed by atoms with van der Waals surface area (Å²) in [5.41, 5.74) is 3.06. The van der Waals surface area contributed by atoms with Crippen molar-refractivity contribution in [2.75, 3.05) is 36.0 Å². The maximum Gasteiger partial charge on any atom is 0.224 e. The summed E-state index contributed by atoms with van der Waals surface area (Å²) in [6.45, 7) is 4.65. The van der Waals surface area contributed by atoms with E-state index in [-0.39, 0.29) is 11.8 Å². The number of hydrogen-bond acceptors (Lipinski definition) is 3. The first-order chi connectivity index (χ1) is 13.6. The van der Waals surface area contributed by atoms with Gasteiger partial charge in [0.2, 0.25) is 11.8 Å². The molecule has 1 N–H and O–H groups in total. The highest BCUT2D eigenvalue weighted by molar-refractivity contribution is 5.91. The van der Waals surface area contributed by atoms with Gasteiger partial charge in [0.05, 0.1) is 6.42 Å². The summed E-state index contributed by atoms with van der Waals surface area (Å²) in [4.78, 5) is 28.3. The molecule has 0 aliphatic carbocycles. The predicted molar refractivity (Wildman–Crippen MR) is 114 cm³/mol. The SMILES string of the molecule is CC(=O)N(CCNC(=O)Cc1ccccc1)c1ccc(N2CCCCC2)cc1. The molecule has 2 aromatic rings. The van der Waals surface area contributed by atoms with Gasteiger partial charge in [-0.2, -0.15) is 0 Å². The third kappa shape index (κ3) is 5.59. The summed E-state index contributed by atoms with van der Waals surface area (Å²) in [5, 5.41) is 2.91. The van der Waals surface area contributed by atoms with Crippen LogP contribution in [0.2, 0.25) is 0 Å². The highest BCUT2D eigenvalue weighted by Crippen LogP contribution is 2.23. The molecule has 0 spiro atoms. The van der Waals surface area contributed by atoms with Crippen molar-refractivity contribution >= 4 is 23.2 Å². The van der Waals surface area contributed by atoms with Gasteiger partial charge in [0.25, 0.3) is 0 Å². The maximum atomic E-state index is 12.1. The summed E-state index contributed by atoms with van der Waals surface area (Å²) < 4.78 is 0. The van der Waals surface area contributed by atoms with Gasteiger partial charge in [-0.25, -0.2) is 0 Å². The number of nitrogens with zero attached hydrogens (tertiary/aromatic N) is 2. The zero-order valence-electron chi connectivity index (χ0n) is 16.6. The molecule has 0 radical (unpaired) electrons. The van der Waals surface area contributed by atoms with E-state index >= 15 is 0 Å². The van der Waals surface area contributed by atoms with Gasteiger partial charge < -0.3 is 15.1 Å². The fourth-order valence-electron chi connectivity index (χ4n) is 3.61. The second-order valence-electron chi connectivity index (χ2n) is 7.25. The number of benzene rings is 2. The molecular weight excluding hydrogens is 350 g/mol. The number of piperidine rings is 1. The Morgan fingerprint density at radius 1 is 0.964 bits per heavy atom. The van der Waals surface area contributed by atoms with Crippen LogP contribution in [-0.2, 0) is 16.0 Å². The molecule has 1 saturated heterocycles. The van der Waals surface area contributed by atoms with Gasteiger partial charge in [-0.3, -0.25) is 9.59 Å². The maximum absolute atomic E-state index is 12.1. The lowest BCUT2D eigenvalue weighted by molar-refractivity contribution is -0.121. The normalized spacial score (nSPS) is 13.8. The highest BCUT2D eigenvalue weighted by Gasteiger charge is 2.14. The van der Waals surface area contributed by atoms with Gasteiger partial charge in [0.1, 0.15) is 0 Å². The smallest absolute Gasteiger partial charge is 0.224 e. The molecule has 2 amide bonds. The summed E-state index contributed by atoms with van der Waals surface area (Å²) in [7, 11) is 0. The number of anilines is 2. The number of hydrogen-bond donors (Lipinski definition) is 1. The molecule has 148 valence electrons. The second-order valence-corrected chi connectivity index (χ2v) is 7.25. The lowest BCUT2D eigenvalue weighted by atomic mass is 10.1. The van der Waals surface area contributed by atoms with Crippen LogP contribution >= 0.6 is 0 Å². The zero-order valence-corrected chi connectivity index (χ0v) is 16.6. The van der Waals surface area contributed by atoms with E-state index in [2.05, 4.69) is 22.3 Å². The van der Waals surface area contributed by atoms with E-state index in [1.807, 2.05) is 42.5 Å². The standard InChI is InChI=1S/C23H29N3O2/c1-19(27)26(17-14-24-23(28)18-20-8-4-2-5-9-20)22-12-10-21(11-13-22)25-15-6-3-7-16-25/h2,4-5,8-13H,3,6-7,14-18H2,1H3,(H,24,28). The Morgan fingerprint density at radius 3 is 2.29 bits per heavy atom. The quantitative estimate of drug-likeness (QED) is 0.802. The van der Waals surface area contributed by atoms with Crippen molar-refractivity contribution in [1.29, 1.82) is 0 Å². The topological polar surface area (TPSA) is 52.7 Å². The molecule has 28 heavy (non-hydrogen) atoms. The number of nitrogens with one attached hydrogen (secondary N) is 1. The average molecular weight is 380 g/mol. The van der Waals surface area contributed by atoms with E-state index < -0.39 is 0 Å². The molecule has 1 aliphatic rings. The Balaban J connectivity index is 1.53. The predicted octanol–water partition coefficient (Wildman–Crippen LogP) is 3.39. The molecule has 0 atom stereocenters. The minimum atomic E-state index is -0.0323. The van der Waals surface area contributed by atoms with Crippen molar-refractivity contribution in [2.45, 2.75) is 32.6 Å². The average Bonchev–Trinajstić information content (AvgIpc) is 2.72. The van der Waals surface area contributed by atoms with Crippen molar-refractivity contribution in [3.63, 3.8) is 0 Å². The lowest BCUT2D eigenvalue weighted by Gasteiger charge is -2.29. The Bertz CT molecular complexity index is 768. The Morgan fingerprint density at radius 2 is 1.64 bits per heavy atom. The van der Waals surface area contributed by atoms with Crippen LogP contribution in [0.15, 0.2) is 54.6 Å². The van der Waals surface area contributed by atoms with Gasteiger partial charge in [-0.05, 0) is 49.1 Å². The second kappa shape index (κ2) is 9.93. The van der Waals surface area contributed by atoms with Crippen LogP contribution in [0.4, 0.5) is 11.4 Å². The first-order valence-corrected chi connectivity index (χ1v) is 10.1. The minimum absolute atomic E-state index is 0.0250. The molecule has 5 heteroatoms. The van der Waals surface area contributed by atoms with Gasteiger partial charge in [-0.15, -0.1) is 0 Å². The Kier molecular flexibility index (Phi) is 7.06. The number of amides is 2. The van der Waals surface area contributed by atoms with Crippen LogP contribution in [0.5, 0.6) is 0 Å². The Labute approximate surface area is 167 Å². The van der Waals surface area contributed by atoms with E-state index in [1.165, 1.54) is 24.9 Å². The summed E-state index contributed by atoms with van der Waals surface area (Å²) in [6.07, 6.45) is 4.14. The third-order valence-corrected chi connectivity index (χ3v) is 5.13. The summed E-state index contributed by atoms with van der Waals surface area (Å²) >= 11 is 0. The van der Waals surface area contributed by atoms with Gasteiger partial charge in [0, 0.05) is 44.5 Å². The molecule has 3 rings (SSSR count). The third-order valence-electron chi connectivity index (χ3n) is 5.13. The van der Waals surface area contributed by atoms with E-state index in [9.17, 15) is 9.59 Å². The first-order valence-electron chi connectivity index (χ1n) is 10.1.